The molecule has 2 amide bonds. The molecule has 0 radical (unpaired) electrons. The van der Waals surface area contributed by atoms with Crippen LogP contribution in [0.1, 0.15) is 16.6 Å². The lowest BCUT2D eigenvalue weighted by Gasteiger charge is -1.95. The predicted octanol–water partition coefficient (Wildman–Crippen LogP) is 3.00. The van der Waals surface area contributed by atoms with Crippen molar-refractivity contribution in [1.29, 1.82) is 0 Å². The van der Waals surface area contributed by atoms with E-state index in [1.54, 1.807) is 12.1 Å². The van der Waals surface area contributed by atoms with Crippen molar-refractivity contribution < 1.29 is 9.59 Å². The summed E-state index contributed by atoms with van der Waals surface area (Å²) in [5.41, 5.74) is 1.05. The molecule has 2 heterocycles. The first kappa shape index (κ1) is 14.7. The van der Waals surface area contributed by atoms with Gasteiger partial charge in [0.2, 0.25) is 5.91 Å². The number of nitrogens with one attached hydrogen (secondary N) is 1. The normalized spacial score (nSPS) is 11.8. The number of hydrogen-bond acceptors (Lipinski definition) is 4. The van der Waals surface area contributed by atoms with E-state index in [-0.39, 0.29) is 11.8 Å². The molecule has 0 fully saturated rings. The zero-order valence-electron chi connectivity index (χ0n) is 12.0. The van der Waals surface area contributed by atoms with Gasteiger partial charge < -0.3 is 9.88 Å². The number of benzene rings is 1. The van der Waals surface area contributed by atoms with E-state index < -0.39 is 0 Å². The van der Waals surface area contributed by atoms with Gasteiger partial charge in [-0.3, -0.25) is 9.59 Å². The van der Waals surface area contributed by atoms with Gasteiger partial charge in [-0.25, -0.2) is 0 Å². The number of thiophene rings is 1. The van der Waals surface area contributed by atoms with E-state index in [4.69, 9.17) is 0 Å². The third kappa shape index (κ3) is 2.86. The van der Waals surface area contributed by atoms with Gasteiger partial charge in [0.25, 0.3) is 5.91 Å². The summed E-state index contributed by atoms with van der Waals surface area (Å²) in [4.78, 5) is 28.6. The molecule has 0 saturated heterocycles. The van der Waals surface area contributed by atoms with Gasteiger partial charge in [-0.15, -0.1) is 11.3 Å². The van der Waals surface area contributed by atoms with Crippen LogP contribution in [0.5, 0.6) is 0 Å². The molecule has 0 bridgehead atoms. The van der Waals surface area contributed by atoms with Crippen LogP contribution in [0.25, 0.3) is 10.2 Å². The molecule has 0 unspecified atom stereocenters. The van der Waals surface area contributed by atoms with Crippen molar-refractivity contribution in [3.8, 4) is 0 Å². The van der Waals surface area contributed by atoms with Crippen LogP contribution in [0.15, 0.2) is 41.4 Å². The largest absolute Gasteiger partial charge is 0.319 e. The Morgan fingerprint density at radius 3 is 2.64 bits per heavy atom. The Balaban J connectivity index is 1.96. The molecule has 112 valence electrons. The van der Waals surface area contributed by atoms with Crippen molar-refractivity contribution in [2.24, 2.45) is 12.0 Å². The maximum absolute atomic E-state index is 12.3. The van der Waals surface area contributed by atoms with Crippen LogP contribution in [-0.2, 0) is 11.8 Å². The highest BCUT2D eigenvalue weighted by Gasteiger charge is 2.10. The van der Waals surface area contributed by atoms with Crippen molar-refractivity contribution >= 4 is 49.7 Å². The van der Waals surface area contributed by atoms with E-state index in [1.807, 2.05) is 35.9 Å². The lowest BCUT2D eigenvalue weighted by Crippen LogP contribution is -2.12. The number of rotatable bonds is 2. The molecule has 7 heteroatoms. The smallest absolute Gasteiger partial charge is 0.289 e. The number of thiazole rings is 1. The van der Waals surface area contributed by atoms with Crippen molar-refractivity contribution in [2.75, 3.05) is 5.32 Å². The first-order valence-electron chi connectivity index (χ1n) is 6.55. The second kappa shape index (κ2) is 5.86. The molecule has 3 rings (SSSR count). The first-order valence-corrected chi connectivity index (χ1v) is 8.19. The topological polar surface area (TPSA) is 63.5 Å². The Bertz CT molecular complexity index is 934. The quantitative estimate of drug-likeness (QED) is 0.784. The average Bonchev–Trinajstić information content (AvgIpc) is 3.05. The highest BCUT2D eigenvalue weighted by atomic mass is 32.1. The first-order chi connectivity index (χ1) is 10.5. The summed E-state index contributed by atoms with van der Waals surface area (Å²) in [6.45, 7) is 1.43. The van der Waals surface area contributed by atoms with Crippen molar-refractivity contribution in [3.63, 3.8) is 0 Å². The number of amides is 2. The second-order valence-corrected chi connectivity index (χ2v) is 6.77. The van der Waals surface area contributed by atoms with E-state index in [0.29, 0.717) is 14.7 Å². The summed E-state index contributed by atoms with van der Waals surface area (Å²) in [6.07, 6.45) is 0. The summed E-state index contributed by atoms with van der Waals surface area (Å²) in [7, 11) is 1.89. The Hall–Kier alpha value is -2.25. The summed E-state index contributed by atoms with van der Waals surface area (Å²) in [5, 5.41) is 3.31. The molecule has 5 nitrogen and oxygen atoms in total. The number of aromatic nitrogens is 1. The maximum Gasteiger partial charge on any atom is 0.289 e. The lowest BCUT2D eigenvalue weighted by molar-refractivity contribution is -0.114. The highest BCUT2D eigenvalue weighted by molar-refractivity contribution is 7.18. The number of fused-ring (bicyclic) bond motifs is 1. The highest BCUT2D eigenvalue weighted by Crippen LogP contribution is 2.22. The zero-order chi connectivity index (χ0) is 15.7. The van der Waals surface area contributed by atoms with E-state index in [9.17, 15) is 9.59 Å². The summed E-state index contributed by atoms with van der Waals surface area (Å²) < 4.78 is 2.99. The SMILES string of the molecule is CC(=O)Nc1ccc(C(=O)N=c2sc3ccccc3n2C)s1. The van der Waals surface area contributed by atoms with Gasteiger partial charge in [-0.05, 0) is 24.3 Å². The molecular formula is C15H13N3O2S2. The molecule has 0 atom stereocenters. The third-order valence-electron chi connectivity index (χ3n) is 3.03. The number of hydrogen-bond donors (Lipinski definition) is 1. The van der Waals surface area contributed by atoms with Crippen LogP contribution in [-0.4, -0.2) is 16.4 Å². The van der Waals surface area contributed by atoms with Gasteiger partial charge in [0.1, 0.15) is 0 Å². The number of carbonyl (C=O) groups is 2. The van der Waals surface area contributed by atoms with Crippen molar-refractivity contribution in [2.45, 2.75) is 6.92 Å². The maximum atomic E-state index is 12.3. The molecule has 2 aromatic heterocycles. The van der Waals surface area contributed by atoms with Crippen LogP contribution in [0, 0.1) is 0 Å². The van der Waals surface area contributed by atoms with Crippen LogP contribution >= 0.6 is 22.7 Å². The molecule has 1 aromatic carbocycles. The molecule has 0 aliphatic carbocycles. The van der Waals surface area contributed by atoms with Crippen LogP contribution in [0.2, 0.25) is 0 Å². The number of carbonyl (C=O) groups excluding carboxylic acids is 2. The van der Waals surface area contributed by atoms with E-state index in [0.717, 1.165) is 10.2 Å². The number of para-hydroxylation sites is 1. The second-order valence-electron chi connectivity index (χ2n) is 4.67. The fourth-order valence-electron chi connectivity index (χ4n) is 2.02. The minimum atomic E-state index is -0.302. The molecule has 3 aromatic rings. The molecule has 22 heavy (non-hydrogen) atoms. The minimum Gasteiger partial charge on any atom is -0.319 e. The fourth-order valence-corrected chi connectivity index (χ4v) is 3.88. The summed E-state index contributed by atoms with van der Waals surface area (Å²) in [6, 6.07) is 11.3. The molecule has 1 N–H and O–H groups in total. The monoisotopic (exact) mass is 331 g/mol. The Kier molecular flexibility index (Phi) is 3.91. The van der Waals surface area contributed by atoms with Crippen LogP contribution in [0.3, 0.4) is 0 Å². The fraction of sp³-hybridized carbons (Fsp3) is 0.133. The van der Waals surface area contributed by atoms with Gasteiger partial charge >= 0.3 is 0 Å². The van der Waals surface area contributed by atoms with E-state index >= 15 is 0 Å². The predicted molar refractivity (Wildman–Crippen MR) is 89.3 cm³/mol. The molecular weight excluding hydrogens is 318 g/mol. The van der Waals surface area contributed by atoms with Gasteiger partial charge in [0, 0.05) is 14.0 Å². The summed E-state index contributed by atoms with van der Waals surface area (Å²) >= 11 is 2.70. The van der Waals surface area contributed by atoms with Crippen LogP contribution in [0.4, 0.5) is 5.00 Å². The van der Waals surface area contributed by atoms with E-state index in [2.05, 4.69) is 10.3 Å². The van der Waals surface area contributed by atoms with Gasteiger partial charge in [-0.2, -0.15) is 4.99 Å². The number of anilines is 1. The van der Waals surface area contributed by atoms with Crippen molar-refractivity contribution in [3.05, 3.63) is 46.1 Å². The average molecular weight is 331 g/mol. The number of aryl methyl sites for hydroxylation is 1. The standard InChI is InChI=1S/C15H13N3O2S2/c1-9(19)16-13-8-7-12(21-13)14(20)17-15-18(2)10-5-3-4-6-11(10)22-15/h3-8H,1-2H3,(H,16,19). The molecule has 0 saturated carbocycles. The van der Waals surface area contributed by atoms with Gasteiger partial charge in [0.15, 0.2) is 4.80 Å². The Morgan fingerprint density at radius 1 is 1.14 bits per heavy atom. The van der Waals surface area contributed by atoms with Gasteiger partial charge in [-0.1, -0.05) is 23.5 Å². The third-order valence-corrected chi connectivity index (χ3v) is 5.13. The summed E-state index contributed by atoms with van der Waals surface area (Å²) in [5.74, 6) is -0.461. The van der Waals surface area contributed by atoms with E-state index in [1.165, 1.54) is 29.6 Å². The van der Waals surface area contributed by atoms with Crippen LogP contribution < -0.4 is 10.1 Å². The molecule has 0 spiro atoms. The zero-order valence-corrected chi connectivity index (χ0v) is 13.6. The Labute approximate surface area is 134 Å². The molecule has 0 aliphatic heterocycles. The molecule has 0 aliphatic rings. The lowest BCUT2D eigenvalue weighted by atomic mass is 10.3. The number of nitrogens with zero attached hydrogens (tertiary/aromatic N) is 2. The van der Waals surface area contributed by atoms with Crippen molar-refractivity contribution in [1.82, 2.24) is 4.57 Å². The van der Waals surface area contributed by atoms with Gasteiger partial charge in [0.05, 0.1) is 20.1 Å². The Morgan fingerprint density at radius 2 is 1.91 bits per heavy atom. The minimum absolute atomic E-state index is 0.159.